The maximum absolute atomic E-state index is 5.78. The Bertz CT molecular complexity index is 557. The van der Waals surface area contributed by atoms with Gasteiger partial charge in [-0.15, -0.1) is 0 Å². The Balaban J connectivity index is 1.70. The fourth-order valence-electron chi connectivity index (χ4n) is 3.27. The number of benzene rings is 1. The molecule has 1 fully saturated rings. The molecule has 0 aromatic heterocycles. The average Bonchev–Trinajstić information content (AvgIpc) is 2.69. The van der Waals surface area contributed by atoms with Gasteiger partial charge >= 0.3 is 0 Å². The second-order valence-electron chi connectivity index (χ2n) is 6.90. The van der Waals surface area contributed by atoms with Crippen LogP contribution in [0.1, 0.15) is 39.5 Å². The molecule has 2 N–H and O–H groups in total. The minimum Gasteiger partial charge on any atom is -0.497 e. The first-order valence-corrected chi connectivity index (χ1v) is 10.3. The van der Waals surface area contributed by atoms with E-state index in [4.69, 9.17) is 14.5 Å². The molecule has 0 atom stereocenters. The number of hydrogen-bond donors (Lipinski definition) is 2. The van der Waals surface area contributed by atoms with Crippen LogP contribution >= 0.6 is 0 Å². The van der Waals surface area contributed by atoms with Gasteiger partial charge in [0.25, 0.3) is 0 Å². The Kier molecular flexibility index (Phi) is 9.84. The van der Waals surface area contributed by atoms with Gasteiger partial charge in [0.05, 0.1) is 13.7 Å². The summed E-state index contributed by atoms with van der Waals surface area (Å²) < 4.78 is 11.0. The molecule has 0 radical (unpaired) electrons. The summed E-state index contributed by atoms with van der Waals surface area (Å²) in [6.07, 6.45) is 4.48. The Morgan fingerprint density at radius 1 is 1.22 bits per heavy atom. The van der Waals surface area contributed by atoms with Crippen molar-refractivity contribution in [1.29, 1.82) is 0 Å². The molecule has 0 spiro atoms. The molecule has 1 aromatic rings. The van der Waals surface area contributed by atoms with E-state index in [1.54, 1.807) is 7.11 Å². The normalized spacial score (nSPS) is 16.2. The van der Waals surface area contributed by atoms with Crippen LogP contribution in [-0.4, -0.2) is 63.3 Å². The molecule has 2 rings (SSSR count). The molecule has 0 bridgehead atoms. The number of ether oxygens (including phenoxy) is 2. The van der Waals surface area contributed by atoms with Crippen molar-refractivity contribution in [2.75, 3.05) is 46.4 Å². The van der Waals surface area contributed by atoms with Crippen LogP contribution in [0, 0.1) is 0 Å². The molecule has 27 heavy (non-hydrogen) atoms. The summed E-state index contributed by atoms with van der Waals surface area (Å²) in [5.74, 6) is 2.57. The highest BCUT2D eigenvalue weighted by Crippen LogP contribution is 2.18. The first-order chi connectivity index (χ1) is 13.2. The zero-order chi connectivity index (χ0) is 19.3. The topological polar surface area (TPSA) is 58.1 Å². The number of aliphatic imine (C=N–C) groups is 1. The Labute approximate surface area is 164 Å². The molecule has 1 aliphatic heterocycles. The van der Waals surface area contributed by atoms with Crippen molar-refractivity contribution >= 4 is 5.96 Å². The number of rotatable bonds is 10. The zero-order valence-corrected chi connectivity index (χ0v) is 17.2. The molecule has 1 saturated heterocycles. The number of piperidine rings is 1. The van der Waals surface area contributed by atoms with Crippen LogP contribution in [0.15, 0.2) is 29.3 Å². The van der Waals surface area contributed by atoms with Crippen molar-refractivity contribution in [2.24, 2.45) is 4.99 Å². The number of likely N-dealkylation sites (tertiary alicyclic amines) is 1. The van der Waals surface area contributed by atoms with E-state index < -0.39 is 0 Å². The molecule has 6 nitrogen and oxygen atoms in total. The van der Waals surface area contributed by atoms with E-state index in [9.17, 15) is 0 Å². The van der Waals surface area contributed by atoms with Gasteiger partial charge in [-0.1, -0.05) is 13.0 Å². The predicted molar refractivity (Wildman–Crippen MR) is 112 cm³/mol. The second-order valence-corrected chi connectivity index (χ2v) is 6.90. The summed E-state index contributed by atoms with van der Waals surface area (Å²) in [6.45, 7) is 10.2. The van der Waals surface area contributed by atoms with Gasteiger partial charge in [0.15, 0.2) is 5.96 Å². The van der Waals surface area contributed by atoms with Crippen LogP contribution in [-0.2, 0) is 0 Å². The van der Waals surface area contributed by atoms with E-state index in [0.717, 1.165) is 37.0 Å². The highest BCUT2D eigenvalue weighted by molar-refractivity contribution is 5.80. The number of nitrogens with one attached hydrogen (secondary N) is 2. The molecule has 0 aliphatic carbocycles. The minimum atomic E-state index is 0.518. The van der Waals surface area contributed by atoms with Gasteiger partial charge in [-0.2, -0.15) is 0 Å². The lowest BCUT2D eigenvalue weighted by Crippen LogP contribution is -2.48. The van der Waals surface area contributed by atoms with Gasteiger partial charge < -0.3 is 25.0 Å². The van der Waals surface area contributed by atoms with Crippen molar-refractivity contribution in [1.82, 2.24) is 15.5 Å². The first kappa shape index (κ1) is 21.4. The monoisotopic (exact) mass is 376 g/mol. The van der Waals surface area contributed by atoms with Gasteiger partial charge in [0.2, 0.25) is 0 Å². The summed E-state index contributed by atoms with van der Waals surface area (Å²) >= 11 is 0. The van der Waals surface area contributed by atoms with E-state index in [1.165, 1.54) is 38.9 Å². The Morgan fingerprint density at radius 3 is 2.70 bits per heavy atom. The highest BCUT2D eigenvalue weighted by atomic mass is 16.5. The highest BCUT2D eigenvalue weighted by Gasteiger charge is 2.19. The summed E-state index contributed by atoms with van der Waals surface area (Å²) in [4.78, 5) is 7.26. The van der Waals surface area contributed by atoms with Crippen molar-refractivity contribution in [3.8, 4) is 11.5 Å². The van der Waals surface area contributed by atoms with E-state index in [-0.39, 0.29) is 0 Å². The molecule has 0 saturated carbocycles. The summed E-state index contributed by atoms with van der Waals surface area (Å²) in [5, 5.41) is 6.96. The third-order valence-electron chi connectivity index (χ3n) is 4.69. The third kappa shape index (κ3) is 8.08. The van der Waals surface area contributed by atoms with Crippen molar-refractivity contribution < 1.29 is 9.47 Å². The van der Waals surface area contributed by atoms with Crippen LogP contribution in [0.3, 0.4) is 0 Å². The van der Waals surface area contributed by atoms with Crippen LogP contribution in [0.4, 0.5) is 0 Å². The Morgan fingerprint density at radius 2 is 2.00 bits per heavy atom. The van der Waals surface area contributed by atoms with E-state index in [2.05, 4.69) is 29.4 Å². The van der Waals surface area contributed by atoms with Crippen LogP contribution in [0.25, 0.3) is 0 Å². The van der Waals surface area contributed by atoms with Crippen LogP contribution < -0.4 is 20.1 Å². The molecule has 1 aliphatic rings. The molecular formula is C21H36N4O2. The molecule has 0 amide bonds. The summed E-state index contributed by atoms with van der Waals surface area (Å²) in [7, 11) is 1.66. The third-order valence-corrected chi connectivity index (χ3v) is 4.69. The maximum Gasteiger partial charge on any atom is 0.191 e. The van der Waals surface area contributed by atoms with Gasteiger partial charge in [-0.05, 0) is 44.9 Å². The van der Waals surface area contributed by atoms with Crippen molar-refractivity contribution in [3.05, 3.63) is 24.3 Å². The maximum atomic E-state index is 5.78. The van der Waals surface area contributed by atoms with Gasteiger partial charge in [0.1, 0.15) is 11.5 Å². The predicted octanol–water partition coefficient (Wildman–Crippen LogP) is 2.89. The van der Waals surface area contributed by atoms with Gasteiger partial charge in [-0.3, -0.25) is 4.99 Å². The standard InChI is InChI=1S/C21H36N4O2/c1-4-13-25-14-10-18(11-15-25)24-21(22-5-2)23-12-7-16-27-20-9-6-8-19(17-20)26-3/h6,8-9,17-18H,4-5,7,10-16H2,1-3H3,(H2,22,23,24). The lowest BCUT2D eigenvalue weighted by molar-refractivity contribution is 0.206. The smallest absolute Gasteiger partial charge is 0.191 e. The quantitative estimate of drug-likeness (QED) is 0.374. The number of nitrogens with zero attached hydrogens (tertiary/aromatic N) is 2. The average molecular weight is 377 g/mol. The molecule has 6 heteroatoms. The number of methoxy groups -OCH3 is 1. The fraction of sp³-hybridized carbons (Fsp3) is 0.667. The summed E-state index contributed by atoms with van der Waals surface area (Å²) in [5.41, 5.74) is 0. The molecule has 0 unspecified atom stereocenters. The molecule has 1 heterocycles. The van der Waals surface area contributed by atoms with Gasteiger partial charge in [-0.25, -0.2) is 0 Å². The summed E-state index contributed by atoms with van der Waals surface area (Å²) in [6, 6.07) is 8.22. The number of hydrogen-bond acceptors (Lipinski definition) is 4. The van der Waals surface area contributed by atoms with E-state index in [0.29, 0.717) is 12.6 Å². The SMILES string of the molecule is CCCN1CCC(NC(=NCCCOc2cccc(OC)c2)NCC)CC1. The molecule has 152 valence electrons. The number of guanidine groups is 1. The van der Waals surface area contributed by atoms with Crippen LogP contribution in [0.5, 0.6) is 11.5 Å². The van der Waals surface area contributed by atoms with Gasteiger partial charge in [0, 0.05) is 44.7 Å². The second kappa shape index (κ2) is 12.4. The fourth-order valence-corrected chi connectivity index (χ4v) is 3.27. The molecular weight excluding hydrogens is 340 g/mol. The largest absolute Gasteiger partial charge is 0.497 e. The van der Waals surface area contributed by atoms with E-state index in [1.807, 2.05) is 24.3 Å². The van der Waals surface area contributed by atoms with Crippen molar-refractivity contribution in [3.63, 3.8) is 0 Å². The lowest BCUT2D eigenvalue weighted by Gasteiger charge is -2.32. The Hall–Kier alpha value is -1.95. The minimum absolute atomic E-state index is 0.518. The zero-order valence-electron chi connectivity index (χ0n) is 17.2. The van der Waals surface area contributed by atoms with E-state index >= 15 is 0 Å². The first-order valence-electron chi connectivity index (χ1n) is 10.3. The van der Waals surface area contributed by atoms with Crippen LogP contribution in [0.2, 0.25) is 0 Å². The lowest BCUT2D eigenvalue weighted by atomic mass is 10.1. The van der Waals surface area contributed by atoms with Crippen molar-refractivity contribution in [2.45, 2.75) is 45.6 Å². The molecule has 1 aromatic carbocycles.